The van der Waals surface area contributed by atoms with Gasteiger partial charge in [0.2, 0.25) is 0 Å². The van der Waals surface area contributed by atoms with Gasteiger partial charge in [0.25, 0.3) is 0 Å². The fourth-order valence-corrected chi connectivity index (χ4v) is 1.41. The van der Waals surface area contributed by atoms with Gasteiger partial charge in [-0.3, -0.25) is 4.68 Å². The number of hydrogen-bond donors (Lipinski definition) is 2. The number of nitrogens with zero attached hydrogens (tertiary/aromatic N) is 2. The predicted octanol–water partition coefficient (Wildman–Crippen LogP) is -0.165. The van der Waals surface area contributed by atoms with E-state index in [2.05, 4.69) is 15.7 Å². The molecule has 2 heterocycles. The van der Waals surface area contributed by atoms with Crippen LogP contribution < -0.4 is 10.6 Å². The maximum Gasteiger partial charge on any atom is 0.0489 e. The Morgan fingerprint density at radius 1 is 1.54 bits per heavy atom. The zero-order chi connectivity index (χ0) is 8.93. The second-order valence-corrected chi connectivity index (χ2v) is 3.43. The Balaban J connectivity index is 1.53. The van der Waals surface area contributed by atoms with E-state index >= 15 is 0 Å². The normalized spacial score (nSPS) is 17.2. The van der Waals surface area contributed by atoms with E-state index in [1.54, 1.807) is 0 Å². The molecule has 1 fully saturated rings. The molecule has 0 saturated carbocycles. The molecule has 72 valence electrons. The lowest BCUT2D eigenvalue weighted by atomic mass is 10.2. The second kappa shape index (κ2) is 4.39. The first-order chi connectivity index (χ1) is 6.45. The van der Waals surface area contributed by atoms with E-state index in [1.807, 2.05) is 23.1 Å². The quantitative estimate of drug-likeness (QED) is 0.618. The number of aromatic nitrogens is 2. The van der Waals surface area contributed by atoms with Gasteiger partial charge in [-0.05, 0) is 19.0 Å². The van der Waals surface area contributed by atoms with Crippen molar-refractivity contribution in [2.24, 2.45) is 0 Å². The van der Waals surface area contributed by atoms with Crippen molar-refractivity contribution in [3.8, 4) is 0 Å². The Hall–Kier alpha value is -0.870. The molecule has 0 spiro atoms. The highest BCUT2D eigenvalue weighted by Gasteiger charge is 2.14. The molecule has 13 heavy (non-hydrogen) atoms. The summed E-state index contributed by atoms with van der Waals surface area (Å²) in [5, 5.41) is 10.9. The van der Waals surface area contributed by atoms with Gasteiger partial charge in [0.15, 0.2) is 0 Å². The van der Waals surface area contributed by atoms with Crippen LogP contribution in [0.3, 0.4) is 0 Å². The van der Waals surface area contributed by atoms with Gasteiger partial charge in [0, 0.05) is 38.1 Å². The second-order valence-electron chi connectivity index (χ2n) is 3.43. The molecule has 0 aromatic carbocycles. The van der Waals surface area contributed by atoms with E-state index in [0.29, 0.717) is 6.04 Å². The van der Waals surface area contributed by atoms with E-state index in [1.165, 1.54) is 0 Å². The monoisotopic (exact) mass is 180 g/mol. The Labute approximate surface area is 78.3 Å². The van der Waals surface area contributed by atoms with Gasteiger partial charge in [-0.15, -0.1) is 0 Å². The molecule has 0 amide bonds. The lowest BCUT2D eigenvalue weighted by molar-refractivity contribution is 0.360. The smallest absolute Gasteiger partial charge is 0.0489 e. The molecular weight excluding hydrogens is 164 g/mol. The minimum Gasteiger partial charge on any atom is -0.314 e. The van der Waals surface area contributed by atoms with Crippen molar-refractivity contribution >= 4 is 0 Å². The van der Waals surface area contributed by atoms with Crippen LogP contribution in [0.2, 0.25) is 0 Å². The molecule has 0 aliphatic carbocycles. The van der Waals surface area contributed by atoms with Gasteiger partial charge >= 0.3 is 0 Å². The number of hydrogen-bond acceptors (Lipinski definition) is 3. The summed E-state index contributed by atoms with van der Waals surface area (Å²) in [6.45, 7) is 4.36. The van der Waals surface area contributed by atoms with Crippen molar-refractivity contribution in [3.05, 3.63) is 18.5 Å². The van der Waals surface area contributed by atoms with Gasteiger partial charge in [-0.1, -0.05) is 0 Å². The third-order valence-electron chi connectivity index (χ3n) is 2.34. The summed E-state index contributed by atoms with van der Waals surface area (Å²) < 4.78 is 1.97. The lowest BCUT2D eigenvalue weighted by Gasteiger charge is -2.28. The van der Waals surface area contributed by atoms with E-state index in [0.717, 1.165) is 32.6 Å². The Morgan fingerprint density at radius 3 is 3.08 bits per heavy atom. The number of nitrogens with one attached hydrogen (secondary N) is 2. The number of aryl methyl sites for hydroxylation is 1. The summed E-state index contributed by atoms with van der Waals surface area (Å²) in [4.78, 5) is 0. The lowest BCUT2D eigenvalue weighted by Crippen LogP contribution is -2.55. The van der Waals surface area contributed by atoms with Crippen LogP contribution in [0.25, 0.3) is 0 Å². The molecule has 1 aliphatic heterocycles. The van der Waals surface area contributed by atoms with Crippen LogP contribution in [0.5, 0.6) is 0 Å². The summed E-state index contributed by atoms with van der Waals surface area (Å²) in [6, 6.07) is 2.67. The fraction of sp³-hybridized carbons (Fsp3) is 0.667. The minimum atomic E-state index is 0.706. The summed E-state index contributed by atoms with van der Waals surface area (Å²) in [5.41, 5.74) is 0. The van der Waals surface area contributed by atoms with Crippen molar-refractivity contribution in [2.75, 3.05) is 19.6 Å². The molecule has 0 bridgehead atoms. The fourth-order valence-electron chi connectivity index (χ4n) is 1.41. The largest absolute Gasteiger partial charge is 0.314 e. The van der Waals surface area contributed by atoms with Crippen molar-refractivity contribution in [1.29, 1.82) is 0 Å². The predicted molar refractivity (Wildman–Crippen MR) is 51.5 cm³/mol. The molecule has 4 nitrogen and oxygen atoms in total. The summed E-state index contributed by atoms with van der Waals surface area (Å²) in [7, 11) is 0. The molecule has 0 unspecified atom stereocenters. The zero-order valence-electron chi connectivity index (χ0n) is 7.74. The molecule has 1 saturated heterocycles. The first kappa shape index (κ1) is 8.72. The van der Waals surface area contributed by atoms with Gasteiger partial charge in [-0.25, -0.2) is 0 Å². The molecule has 2 rings (SSSR count). The van der Waals surface area contributed by atoms with Crippen LogP contribution >= 0.6 is 0 Å². The average Bonchev–Trinajstić information content (AvgIpc) is 2.53. The first-order valence-corrected chi connectivity index (χ1v) is 4.87. The van der Waals surface area contributed by atoms with Crippen LogP contribution in [-0.2, 0) is 6.54 Å². The molecule has 1 aromatic heterocycles. The highest BCUT2D eigenvalue weighted by Crippen LogP contribution is 1.92. The molecular formula is C9H16N4. The third kappa shape index (κ3) is 2.54. The summed E-state index contributed by atoms with van der Waals surface area (Å²) in [5.74, 6) is 0. The summed E-state index contributed by atoms with van der Waals surface area (Å²) >= 11 is 0. The van der Waals surface area contributed by atoms with E-state index in [-0.39, 0.29) is 0 Å². The van der Waals surface area contributed by atoms with Crippen molar-refractivity contribution < 1.29 is 0 Å². The van der Waals surface area contributed by atoms with Crippen LogP contribution in [0.4, 0.5) is 0 Å². The van der Waals surface area contributed by atoms with E-state index < -0.39 is 0 Å². The van der Waals surface area contributed by atoms with Crippen LogP contribution in [0, 0.1) is 0 Å². The topological polar surface area (TPSA) is 41.9 Å². The maximum atomic E-state index is 4.14. The highest BCUT2D eigenvalue weighted by molar-refractivity contribution is 4.81. The molecule has 4 heteroatoms. The molecule has 2 N–H and O–H groups in total. The molecule has 0 atom stereocenters. The van der Waals surface area contributed by atoms with Gasteiger partial charge < -0.3 is 10.6 Å². The van der Waals surface area contributed by atoms with Crippen LogP contribution in [0.15, 0.2) is 18.5 Å². The molecule has 1 aliphatic rings. The Kier molecular flexibility index (Phi) is 2.94. The SMILES string of the molecule is c1cnn(CCCNC2CNC2)c1. The van der Waals surface area contributed by atoms with E-state index in [9.17, 15) is 0 Å². The molecule has 1 aromatic rings. The van der Waals surface area contributed by atoms with Gasteiger partial charge in [0.1, 0.15) is 0 Å². The zero-order valence-corrected chi connectivity index (χ0v) is 7.74. The Bertz CT molecular complexity index is 228. The molecule has 0 radical (unpaired) electrons. The Morgan fingerprint density at radius 2 is 2.46 bits per heavy atom. The van der Waals surface area contributed by atoms with Gasteiger partial charge in [0.05, 0.1) is 0 Å². The van der Waals surface area contributed by atoms with Crippen molar-refractivity contribution in [2.45, 2.75) is 19.0 Å². The highest BCUT2D eigenvalue weighted by atomic mass is 15.3. The van der Waals surface area contributed by atoms with Gasteiger partial charge in [-0.2, -0.15) is 5.10 Å². The maximum absolute atomic E-state index is 4.14. The third-order valence-corrected chi connectivity index (χ3v) is 2.34. The summed E-state index contributed by atoms with van der Waals surface area (Å²) in [6.07, 6.45) is 4.98. The van der Waals surface area contributed by atoms with Crippen molar-refractivity contribution in [1.82, 2.24) is 20.4 Å². The van der Waals surface area contributed by atoms with Crippen LogP contribution in [-0.4, -0.2) is 35.5 Å². The standard InChI is InChI=1S/C9H16N4/c1(3-11-9-7-10-8-9)5-13-6-2-4-12-13/h2,4,6,9-11H,1,3,5,7-8H2. The first-order valence-electron chi connectivity index (χ1n) is 4.87. The minimum absolute atomic E-state index is 0.706. The van der Waals surface area contributed by atoms with Crippen LogP contribution in [0.1, 0.15) is 6.42 Å². The van der Waals surface area contributed by atoms with E-state index in [4.69, 9.17) is 0 Å². The average molecular weight is 180 g/mol. The number of rotatable bonds is 5. The van der Waals surface area contributed by atoms with Crippen molar-refractivity contribution in [3.63, 3.8) is 0 Å².